The largest absolute Gasteiger partial charge is 0.507 e. The van der Waals surface area contributed by atoms with Crippen molar-refractivity contribution >= 4 is 23.3 Å². The van der Waals surface area contributed by atoms with Crippen LogP contribution in [0.4, 0.5) is 0 Å². The van der Waals surface area contributed by atoms with Crippen LogP contribution in [0.2, 0.25) is 0 Å². The number of ketones is 3. The van der Waals surface area contributed by atoms with Crippen LogP contribution in [0.25, 0.3) is 0 Å². The fraction of sp³-hybridized carbons (Fsp3) is 0.619. The van der Waals surface area contributed by atoms with Gasteiger partial charge in [0.05, 0.1) is 48.3 Å². The van der Waals surface area contributed by atoms with Gasteiger partial charge in [0.15, 0.2) is 30.4 Å². The lowest BCUT2D eigenvalue weighted by molar-refractivity contribution is -0.324. The van der Waals surface area contributed by atoms with Crippen molar-refractivity contribution in [2.75, 3.05) is 21.2 Å². The zero-order valence-corrected chi connectivity index (χ0v) is 33.7. The molecule has 16 nitrogen and oxygen atoms in total. The second-order valence-electron chi connectivity index (χ2n) is 16.3. The first-order valence-electron chi connectivity index (χ1n) is 19.9. The number of carbonyl (C=O) groups excluding carboxylic acids is 4. The molecule has 0 amide bonds. The Bertz CT molecular complexity index is 1940. The lowest BCUT2D eigenvalue weighted by Crippen LogP contribution is -2.58. The molecule has 0 aromatic heterocycles. The quantitative estimate of drug-likeness (QED) is 0.228. The molecule has 2 aromatic rings. The van der Waals surface area contributed by atoms with Gasteiger partial charge in [-0.05, 0) is 59.0 Å². The van der Waals surface area contributed by atoms with E-state index >= 15 is 0 Å². The minimum Gasteiger partial charge on any atom is -0.507 e. The number of hydrogen-bond donors (Lipinski definition) is 4. The van der Waals surface area contributed by atoms with E-state index in [9.17, 15) is 39.6 Å². The Balaban J connectivity index is 1.13. The highest BCUT2D eigenvalue weighted by Crippen LogP contribution is 2.54. The van der Waals surface area contributed by atoms with Crippen molar-refractivity contribution in [1.82, 2.24) is 4.90 Å². The number of aliphatic hydroxyl groups excluding tert-OH is 1. The Hall–Kier alpha value is -3.84. The molecule has 0 unspecified atom stereocenters. The minimum atomic E-state index is -1.76. The van der Waals surface area contributed by atoms with Crippen molar-refractivity contribution in [1.29, 1.82) is 0 Å². The van der Waals surface area contributed by atoms with Gasteiger partial charge in [0.25, 0.3) is 0 Å². The standard InChI is InChI=1S/C42H53NO15/c1-8-42(51)17-28(33-22(35(42)41(50)52-7)14-23-34(38(33)49)37(48)32-21(36(23)47)10-9-11-26(32)45)56-30-15-24(43(5)6)39(19(3)54-30)58-31-16-27(46)40(20(4)55-31)57-29-13-12-25(44)18(2)53-29/h9-11,14,18-20,24,27-31,35,39-40,45-46,49,51H,8,12-13,15-17H2,1-7H3/t18-,19-,20-,24-,27-,28+,29-,30-,31-,35-,39+,40+,42+/m0/s1. The van der Waals surface area contributed by atoms with Crippen LogP contribution >= 0.6 is 0 Å². The van der Waals surface area contributed by atoms with Gasteiger partial charge in [0.1, 0.15) is 35.7 Å². The van der Waals surface area contributed by atoms with Gasteiger partial charge >= 0.3 is 5.97 Å². The number of methoxy groups -OCH3 is 1. The molecule has 13 atom stereocenters. The summed E-state index contributed by atoms with van der Waals surface area (Å²) in [5.74, 6) is -4.59. The summed E-state index contributed by atoms with van der Waals surface area (Å²) in [4.78, 5) is 55.0. The first-order chi connectivity index (χ1) is 27.5. The smallest absolute Gasteiger partial charge is 0.316 e. The fourth-order valence-corrected chi connectivity index (χ4v) is 9.27. The van der Waals surface area contributed by atoms with E-state index in [4.69, 9.17) is 33.2 Å². The number of carbonyl (C=O) groups is 4. The summed E-state index contributed by atoms with van der Waals surface area (Å²) in [6, 6.07) is 5.11. The van der Waals surface area contributed by atoms with E-state index in [1.807, 2.05) is 19.0 Å². The Morgan fingerprint density at radius 2 is 1.57 bits per heavy atom. The molecular weight excluding hydrogens is 758 g/mol. The average Bonchev–Trinajstić information content (AvgIpc) is 3.17. The summed E-state index contributed by atoms with van der Waals surface area (Å²) < 4.78 is 42.6. The third-order valence-electron chi connectivity index (χ3n) is 12.4. The highest BCUT2D eigenvalue weighted by atomic mass is 16.7. The van der Waals surface area contributed by atoms with Crippen LogP contribution in [-0.2, 0) is 42.7 Å². The van der Waals surface area contributed by atoms with Gasteiger partial charge < -0.3 is 58.5 Å². The van der Waals surface area contributed by atoms with E-state index in [1.165, 1.54) is 31.4 Å². The van der Waals surface area contributed by atoms with Crippen LogP contribution in [0, 0.1) is 0 Å². The van der Waals surface area contributed by atoms with Crippen LogP contribution in [0.5, 0.6) is 11.5 Å². The topological polar surface area (TPSA) is 217 Å². The molecular formula is C42H53NO15. The molecule has 3 saturated heterocycles. The number of nitrogens with zero attached hydrogens (tertiary/aromatic N) is 1. The number of aromatic hydroxyl groups is 2. The van der Waals surface area contributed by atoms with E-state index in [1.54, 1.807) is 27.7 Å². The SMILES string of the molecule is CC[C@@]1(O)C[C@@H](O[C@H]2C[C@H](N(C)C)[C@H](O[C@H]3C[C@H](O)[C@H](O[C@H]4CCC(=O)[C@H](C)O4)[C@H](C)O3)[C@H](C)O2)c2c(cc3c(c2O)C(=O)c2c(O)cccc2C3=O)[C@H]1C(=O)OC. The lowest BCUT2D eigenvalue weighted by Gasteiger charge is -2.48. The van der Waals surface area contributed by atoms with Crippen molar-refractivity contribution in [2.24, 2.45) is 0 Å². The maximum Gasteiger partial charge on any atom is 0.316 e. The predicted molar refractivity (Wildman–Crippen MR) is 201 cm³/mol. The van der Waals surface area contributed by atoms with Crippen molar-refractivity contribution in [3.8, 4) is 11.5 Å². The molecule has 3 fully saturated rings. The number of aliphatic hydroxyl groups is 2. The first-order valence-corrected chi connectivity index (χ1v) is 19.9. The maximum absolute atomic E-state index is 13.9. The third kappa shape index (κ3) is 7.47. The zero-order chi connectivity index (χ0) is 42.0. The molecule has 16 heteroatoms. The number of likely N-dealkylation sites (N-methyl/N-ethyl adjacent to an activating group) is 1. The van der Waals surface area contributed by atoms with E-state index in [2.05, 4.69) is 0 Å². The van der Waals surface area contributed by atoms with Crippen molar-refractivity contribution in [2.45, 2.75) is 145 Å². The van der Waals surface area contributed by atoms with Crippen molar-refractivity contribution in [3.05, 3.63) is 57.6 Å². The minimum absolute atomic E-state index is 0.00573. The number of phenols is 2. The van der Waals surface area contributed by atoms with Crippen molar-refractivity contribution < 1.29 is 72.8 Å². The summed E-state index contributed by atoms with van der Waals surface area (Å²) in [5, 5.41) is 45.9. The number of esters is 1. The maximum atomic E-state index is 13.9. The summed E-state index contributed by atoms with van der Waals surface area (Å²) >= 11 is 0. The first kappa shape index (κ1) is 42.3. The summed E-state index contributed by atoms with van der Waals surface area (Å²) in [5.41, 5.74) is -2.49. The van der Waals surface area contributed by atoms with Crippen LogP contribution < -0.4 is 0 Å². The summed E-state index contributed by atoms with van der Waals surface area (Å²) in [6.45, 7) is 6.95. The van der Waals surface area contributed by atoms with E-state index in [0.717, 1.165) is 0 Å². The van der Waals surface area contributed by atoms with Gasteiger partial charge in [-0.1, -0.05) is 19.1 Å². The highest BCUT2D eigenvalue weighted by molar-refractivity contribution is 6.30. The van der Waals surface area contributed by atoms with Crippen LogP contribution in [0.1, 0.15) is 121 Å². The number of rotatable bonds is 9. The summed E-state index contributed by atoms with van der Waals surface area (Å²) in [6.07, 6.45) is -6.64. The Labute approximate surface area is 336 Å². The molecule has 0 saturated carbocycles. The predicted octanol–water partition coefficient (Wildman–Crippen LogP) is 3.16. The molecule has 5 aliphatic rings. The molecule has 7 rings (SSSR count). The molecule has 2 aromatic carbocycles. The Morgan fingerprint density at radius 1 is 0.897 bits per heavy atom. The molecule has 3 aliphatic heterocycles. The van der Waals surface area contributed by atoms with Gasteiger partial charge in [0.2, 0.25) is 5.78 Å². The molecule has 4 N–H and O–H groups in total. The normalized spacial score (nSPS) is 36.3. The van der Waals surface area contributed by atoms with Gasteiger partial charge in [-0.3, -0.25) is 19.2 Å². The number of ether oxygens (including phenoxy) is 7. The van der Waals surface area contributed by atoms with Crippen LogP contribution in [0.15, 0.2) is 24.3 Å². The molecule has 0 spiro atoms. The number of fused-ring (bicyclic) bond motifs is 3. The van der Waals surface area contributed by atoms with Gasteiger partial charge in [-0.15, -0.1) is 0 Å². The van der Waals surface area contributed by atoms with Crippen LogP contribution in [0.3, 0.4) is 0 Å². The van der Waals surface area contributed by atoms with Crippen LogP contribution in [-0.4, -0.2) is 137 Å². The molecule has 0 bridgehead atoms. The lowest BCUT2D eigenvalue weighted by atomic mass is 9.67. The molecule has 58 heavy (non-hydrogen) atoms. The molecule has 316 valence electrons. The summed E-state index contributed by atoms with van der Waals surface area (Å²) in [7, 11) is 4.91. The highest BCUT2D eigenvalue weighted by Gasteiger charge is 2.53. The Morgan fingerprint density at radius 3 is 2.21 bits per heavy atom. The number of benzene rings is 2. The number of phenolic OH excluding ortho intramolecular Hbond substituents is 2. The van der Waals surface area contributed by atoms with Gasteiger partial charge in [0, 0.05) is 54.8 Å². The monoisotopic (exact) mass is 811 g/mol. The molecule has 0 radical (unpaired) electrons. The van der Waals surface area contributed by atoms with E-state index in [0.29, 0.717) is 12.8 Å². The average molecular weight is 812 g/mol. The molecule has 3 heterocycles. The number of Topliss-reactive ketones (excluding diaryl/α,β-unsaturated/α-hetero) is 1. The second kappa shape index (κ2) is 16.3. The van der Waals surface area contributed by atoms with E-state index < -0.39 is 102 Å². The van der Waals surface area contributed by atoms with Gasteiger partial charge in [-0.2, -0.15) is 0 Å². The Kier molecular flexibility index (Phi) is 11.9. The number of hydrogen-bond acceptors (Lipinski definition) is 16. The van der Waals surface area contributed by atoms with E-state index in [-0.39, 0.29) is 70.9 Å². The third-order valence-corrected chi connectivity index (χ3v) is 12.4. The zero-order valence-electron chi connectivity index (χ0n) is 33.7. The second-order valence-corrected chi connectivity index (χ2v) is 16.3. The fourth-order valence-electron chi connectivity index (χ4n) is 9.27. The van der Waals surface area contributed by atoms with Gasteiger partial charge in [-0.25, -0.2) is 0 Å². The van der Waals surface area contributed by atoms with Crippen molar-refractivity contribution in [3.63, 3.8) is 0 Å². The molecule has 2 aliphatic carbocycles.